The fourth-order valence-electron chi connectivity index (χ4n) is 2.85. The van der Waals surface area contributed by atoms with Gasteiger partial charge in [0.25, 0.3) is 5.69 Å². The van der Waals surface area contributed by atoms with Gasteiger partial charge in [0.05, 0.1) is 10.7 Å². The summed E-state index contributed by atoms with van der Waals surface area (Å²) in [6, 6.07) is 5.56. The van der Waals surface area contributed by atoms with Gasteiger partial charge in [0.15, 0.2) is 0 Å². The van der Waals surface area contributed by atoms with Gasteiger partial charge in [0.1, 0.15) is 0 Å². The zero-order valence-electron chi connectivity index (χ0n) is 13.9. The summed E-state index contributed by atoms with van der Waals surface area (Å²) < 4.78 is 26.4. The average molecular weight is 369 g/mol. The second-order valence-corrected chi connectivity index (χ2v) is 8.04. The van der Waals surface area contributed by atoms with Crippen molar-refractivity contribution < 1.29 is 18.1 Å². The minimum Gasteiger partial charge on any atom is -0.353 e. The molecule has 9 heteroatoms. The Bertz CT molecular complexity index is 697. The highest BCUT2D eigenvalue weighted by Gasteiger charge is 2.17. The zero-order valence-corrected chi connectivity index (χ0v) is 14.8. The third-order valence-electron chi connectivity index (χ3n) is 4.15. The molecule has 138 valence electrons. The molecule has 1 amide bonds. The van der Waals surface area contributed by atoms with Gasteiger partial charge in [-0.25, -0.2) is 13.1 Å². The lowest BCUT2D eigenvalue weighted by Crippen LogP contribution is -2.38. The molecule has 8 nitrogen and oxygen atoms in total. The number of hydrogen-bond donors (Lipinski definition) is 2. The highest BCUT2D eigenvalue weighted by Crippen LogP contribution is 2.17. The van der Waals surface area contributed by atoms with Crippen molar-refractivity contribution in [1.29, 1.82) is 0 Å². The van der Waals surface area contributed by atoms with Crippen LogP contribution in [-0.4, -0.2) is 31.8 Å². The number of carbonyl (C=O) groups excluding carboxylic acids is 1. The Labute approximate surface area is 147 Å². The molecule has 25 heavy (non-hydrogen) atoms. The Morgan fingerprint density at radius 1 is 1.16 bits per heavy atom. The van der Waals surface area contributed by atoms with Gasteiger partial charge in [-0.1, -0.05) is 31.4 Å². The molecule has 1 aliphatic rings. The topological polar surface area (TPSA) is 118 Å². The van der Waals surface area contributed by atoms with Crippen molar-refractivity contribution >= 4 is 21.6 Å². The molecule has 0 saturated heterocycles. The lowest BCUT2D eigenvalue weighted by molar-refractivity contribution is -0.384. The van der Waals surface area contributed by atoms with Gasteiger partial charge in [-0.05, 0) is 18.4 Å². The summed E-state index contributed by atoms with van der Waals surface area (Å²) >= 11 is 0. The Kier molecular flexibility index (Phi) is 6.89. The fraction of sp³-hybridized carbons (Fsp3) is 0.562. The monoisotopic (exact) mass is 369 g/mol. The lowest BCUT2D eigenvalue weighted by atomic mass is 9.95. The average Bonchev–Trinajstić information content (AvgIpc) is 2.55. The fourth-order valence-corrected chi connectivity index (χ4v) is 4.00. The van der Waals surface area contributed by atoms with E-state index >= 15 is 0 Å². The van der Waals surface area contributed by atoms with Crippen LogP contribution in [0.1, 0.15) is 44.1 Å². The molecule has 1 saturated carbocycles. The third-order valence-corrected chi connectivity index (χ3v) is 5.51. The van der Waals surface area contributed by atoms with Crippen LogP contribution in [0.25, 0.3) is 0 Å². The summed E-state index contributed by atoms with van der Waals surface area (Å²) in [5, 5.41) is 13.5. The lowest BCUT2D eigenvalue weighted by Gasteiger charge is -2.22. The molecule has 0 atom stereocenters. The van der Waals surface area contributed by atoms with Crippen LogP contribution < -0.4 is 10.0 Å². The predicted octanol–water partition coefficient (Wildman–Crippen LogP) is 1.85. The van der Waals surface area contributed by atoms with Crippen LogP contribution >= 0.6 is 0 Å². The molecule has 0 aliphatic heterocycles. The van der Waals surface area contributed by atoms with Crippen molar-refractivity contribution in [2.75, 3.05) is 6.54 Å². The van der Waals surface area contributed by atoms with E-state index in [0.717, 1.165) is 25.7 Å². The maximum atomic E-state index is 12.0. The highest BCUT2D eigenvalue weighted by molar-refractivity contribution is 7.88. The maximum absolute atomic E-state index is 12.0. The quantitative estimate of drug-likeness (QED) is 0.535. The number of hydrogen-bond acceptors (Lipinski definition) is 5. The number of carbonyl (C=O) groups is 1. The first-order chi connectivity index (χ1) is 11.9. The summed E-state index contributed by atoms with van der Waals surface area (Å²) in [5.74, 6) is -0.431. The van der Waals surface area contributed by atoms with E-state index in [1.54, 1.807) is 0 Å². The van der Waals surface area contributed by atoms with E-state index in [4.69, 9.17) is 0 Å². The first-order valence-electron chi connectivity index (χ1n) is 8.36. The van der Waals surface area contributed by atoms with Gasteiger partial charge in [0, 0.05) is 31.1 Å². The van der Waals surface area contributed by atoms with Crippen LogP contribution in [0.15, 0.2) is 24.3 Å². The van der Waals surface area contributed by atoms with E-state index in [0.29, 0.717) is 5.56 Å². The SMILES string of the molecule is O=C(CCNS(=O)(=O)Cc1ccc([N+](=O)[O-])cc1)NC1CCCCC1. The molecule has 0 radical (unpaired) electrons. The predicted molar refractivity (Wildman–Crippen MR) is 93.4 cm³/mol. The molecule has 2 N–H and O–H groups in total. The second kappa shape index (κ2) is 8.91. The van der Waals surface area contributed by atoms with E-state index in [1.165, 1.54) is 30.7 Å². The summed E-state index contributed by atoms with van der Waals surface area (Å²) in [6.45, 7) is 0.0356. The van der Waals surface area contributed by atoms with Crippen molar-refractivity contribution in [1.82, 2.24) is 10.0 Å². The molecule has 1 aliphatic carbocycles. The molecular formula is C16H23N3O5S. The van der Waals surface area contributed by atoms with Gasteiger partial charge < -0.3 is 5.32 Å². The highest BCUT2D eigenvalue weighted by atomic mass is 32.2. The molecule has 0 aromatic heterocycles. The number of non-ortho nitro benzene ring substituents is 1. The number of amides is 1. The first-order valence-corrected chi connectivity index (χ1v) is 10.0. The summed E-state index contributed by atoms with van der Waals surface area (Å²) in [7, 11) is -3.60. The molecule has 0 unspecified atom stereocenters. The summed E-state index contributed by atoms with van der Waals surface area (Å²) in [4.78, 5) is 21.9. The van der Waals surface area contributed by atoms with Crippen LogP contribution in [0.2, 0.25) is 0 Å². The van der Waals surface area contributed by atoms with Crippen molar-refractivity contribution in [3.05, 3.63) is 39.9 Å². The van der Waals surface area contributed by atoms with E-state index in [2.05, 4.69) is 10.0 Å². The van der Waals surface area contributed by atoms with Crippen molar-refractivity contribution in [3.8, 4) is 0 Å². The van der Waals surface area contributed by atoms with Crippen molar-refractivity contribution in [3.63, 3.8) is 0 Å². The molecular weight excluding hydrogens is 346 g/mol. The van der Waals surface area contributed by atoms with E-state index < -0.39 is 14.9 Å². The van der Waals surface area contributed by atoms with E-state index in [1.807, 2.05) is 0 Å². The standard InChI is InChI=1S/C16H23N3O5S/c20-16(18-14-4-2-1-3-5-14)10-11-17-25(23,24)12-13-6-8-15(9-7-13)19(21)22/h6-9,14,17H,1-5,10-12H2,(H,18,20). The number of nitrogens with one attached hydrogen (secondary N) is 2. The molecule has 2 rings (SSSR count). The number of nitrogens with zero attached hydrogens (tertiary/aromatic N) is 1. The number of benzene rings is 1. The minimum atomic E-state index is -3.60. The van der Waals surface area contributed by atoms with Gasteiger partial charge in [-0.2, -0.15) is 0 Å². The largest absolute Gasteiger partial charge is 0.353 e. The van der Waals surface area contributed by atoms with Gasteiger partial charge in [-0.15, -0.1) is 0 Å². The van der Waals surface area contributed by atoms with Gasteiger partial charge >= 0.3 is 0 Å². The Morgan fingerprint density at radius 3 is 2.40 bits per heavy atom. The Morgan fingerprint density at radius 2 is 1.80 bits per heavy atom. The van der Waals surface area contributed by atoms with Crippen LogP contribution in [0.3, 0.4) is 0 Å². The van der Waals surface area contributed by atoms with E-state index in [9.17, 15) is 23.3 Å². The van der Waals surface area contributed by atoms with Crippen LogP contribution in [0, 0.1) is 10.1 Å². The second-order valence-electron chi connectivity index (χ2n) is 6.23. The van der Waals surface area contributed by atoms with Crippen LogP contribution in [-0.2, 0) is 20.6 Å². The van der Waals surface area contributed by atoms with Crippen molar-refractivity contribution in [2.24, 2.45) is 0 Å². The molecule has 0 bridgehead atoms. The smallest absolute Gasteiger partial charge is 0.269 e. The van der Waals surface area contributed by atoms with E-state index in [-0.39, 0.29) is 36.4 Å². The number of sulfonamides is 1. The van der Waals surface area contributed by atoms with Gasteiger partial charge in [0.2, 0.25) is 15.9 Å². The molecule has 1 fully saturated rings. The van der Waals surface area contributed by atoms with Crippen LogP contribution in [0.5, 0.6) is 0 Å². The Balaban J connectivity index is 1.74. The van der Waals surface area contributed by atoms with Gasteiger partial charge in [-0.3, -0.25) is 14.9 Å². The molecule has 0 heterocycles. The first kappa shape index (κ1) is 19.3. The number of nitro benzene ring substituents is 1. The zero-order chi connectivity index (χ0) is 18.3. The molecule has 0 spiro atoms. The molecule has 1 aromatic rings. The summed E-state index contributed by atoms with van der Waals surface area (Å²) in [6.07, 6.45) is 5.50. The normalized spacial score (nSPS) is 15.7. The van der Waals surface area contributed by atoms with Crippen molar-refractivity contribution in [2.45, 2.75) is 50.3 Å². The molecule has 1 aromatic carbocycles. The number of rotatable bonds is 8. The Hall–Kier alpha value is -2.00. The maximum Gasteiger partial charge on any atom is 0.269 e. The third kappa shape index (κ3) is 6.79. The number of nitro groups is 1. The minimum absolute atomic E-state index is 0.0356. The summed E-state index contributed by atoms with van der Waals surface area (Å²) in [5.41, 5.74) is 0.359. The van der Waals surface area contributed by atoms with Crippen LogP contribution in [0.4, 0.5) is 5.69 Å².